The average Bonchev–Trinajstić information content (AvgIpc) is 3.14. The van der Waals surface area contributed by atoms with Gasteiger partial charge < -0.3 is 10.2 Å². The lowest BCUT2D eigenvalue weighted by molar-refractivity contribution is -0.137. The van der Waals surface area contributed by atoms with E-state index in [0.717, 1.165) is 31.6 Å². The molecule has 0 amide bonds. The Hall–Kier alpha value is -1.53. The molecule has 2 N–H and O–H groups in total. The van der Waals surface area contributed by atoms with Crippen LogP contribution in [0.25, 0.3) is 0 Å². The molecule has 0 saturated heterocycles. The van der Waals surface area contributed by atoms with Gasteiger partial charge in [-0.15, -0.1) is 11.8 Å². The molecule has 3 nitrogen and oxygen atoms in total. The number of aliphatic hydroxyl groups is 1. The van der Waals surface area contributed by atoms with Crippen molar-refractivity contribution in [2.75, 3.05) is 0 Å². The van der Waals surface area contributed by atoms with E-state index in [0.29, 0.717) is 11.8 Å². The highest BCUT2D eigenvalue weighted by Crippen LogP contribution is 2.50. The molecular weight excluding hydrogens is 312 g/mol. The molecule has 0 radical (unpaired) electrons. The highest BCUT2D eigenvalue weighted by molar-refractivity contribution is 5.66. The zero-order valence-corrected chi connectivity index (χ0v) is 15.6. The highest BCUT2D eigenvalue weighted by Gasteiger charge is 2.39. The van der Waals surface area contributed by atoms with Crippen molar-refractivity contribution in [1.29, 1.82) is 0 Å². The molecule has 0 aromatic carbocycles. The van der Waals surface area contributed by atoms with Crippen LogP contribution in [0.4, 0.5) is 0 Å². The van der Waals surface area contributed by atoms with E-state index < -0.39 is 12.1 Å². The van der Waals surface area contributed by atoms with Gasteiger partial charge in [-0.2, -0.15) is 0 Å². The molecule has 138 valence electrons. The van der Waals surface area contributed by atoms with E-state index >= 15 is 0 Å². The molecule has 0 aromatic rings. The van der Waals surface area contributed by atoms with Gasteiger partial charge >= 0.3 is 5.97 Å². The topological polar surface area (TPSA) is 57.5 Å². The van der Waals surface area contributed by atoms with Gasteiger partial charge in [0, 0.05) is 12.8 Å². The van der Waals surface area contributed by atoms with Gasteiger partial charge in [-0.1, -0.05) is 30.7 Å². The van der Waals surface area contributed by atoms with Crippen molar-refractivity contribution in [3.63, 3.8) is 0 Å². The SMILES string of the molecule is CC#CCC(C)C(O)/C=C/[C@H]1CC[C@@H]2C/C(=C\CCCC(=O)O)C[C@@H]21. The summed E-state index contributed by atoms with van der Waals surface area (Å²) >= 11 is 0. The van der Waals surface area contributed by atoms with Crippen LogP contribution in [0, 0.1) is 35.5 Å². The zero-order valence-electron chi connectivity index (χ0n) is 15.6. The minimum absolute atomic E-state index is 0.175. The van der Waals surface area contributed by atoms with Crippen molar-refractivity contribution in [3.8, 4) is 11.8 Å². The van der Waals surface area contributed by atoms with Crippen LogP contribution in [-0.2, 0) is 4.79 Å². The first-order valence-electron chi connectivity index (χ1n) is 9.67. The molecule has 2 rings (SSSR count). The van der Waals surface area contributed by atoms with E-state index in [1.54, 1.807) is 0 Å². The van der Waals surface area contributed by atoms with Gasteiger partial charge in [0.2, 0.25) is 0 Å². The maximum atomic E-state index is 10.6. The molecule has 2 saturated carbocycles. The van der Waals surface area contributed by atoms with Gasteiger partial charge in [-0.05, 0) is 69.1 Å². The second kappa shape index (κ2) is 9.82. The van der Waals surface area contributed by atoms with Crippen LogP contribution in [0.2, 0.25) is 0 Å². The number of hydrogen-bond acceptors (Lipinski definition) is 2. The molecule has 25 heavy (non-hydrogen) atoms. The molecule has 0 bridgehead atoms. The fourth-order valence-corrected chi connectivity index (χ4v) is 4.27. The van der Waals surface area contributed by atoms with Crippen LogP contribution in [-0.4, -0.2) is 22.3 Å². The molecule has 0 aliphatic heterocycles. The van der Waals surface area contributed by atoms with Gasteiger partial charge in [0.15, 0.2) is 0 Å². The van der Waals surface area contributed by atoms with Crippen molar-refractivity contribution in [3.05, 3.63) is 23.8 Å². The van der Waals surface area contributed by atoms with E-state index in [2.05, 4.69) is 24.0 Å². The number of allylic oxidation sites excluding steroid dienone is 3. The lowest BCUT2D eigenvalue weighted by atomic mass is 9.90. The van der Waals surface area contributed by atoms with Gasteiger partial charge in [-0.25, -0.2) is 0 Å². The predicted octanol–water partition coefficient (Wildman–Crippen LogP) is 4.57. The molecule has 0 aromatic heterocycles. The molecule has 2 fully saturated rings. The minimum Gasteiger partial charge on any atom is -0.481 e. The molecule has 0 heterocycles. The average molecular weight is 344 g/mol. The molecular formula is C22H32O3. The summed E-state index contributed by atoms with van der Waals surface area (Å²) in [7, 11) is 0. The van der Waals surface area contributed by atoms with Crippen LogP contribution >= 0.6 is 0 Å². The summed E-state index contributed by atoms with van der Waals surface area (Å²) in [5.41, 5.74) is 1.52. The Kier molecular flexibility index (Phi) is 7.78. The van der Waals surface area contributed by atoms with Crippen molar-refractivity contribution >= 4 is 5.97 Å². The van der Waals surface area contributed by atoms with Crippen LogP contribution in [0.3, 0.4) is 0 Å². The summed E-state index contributed by atoms with van der Waals surface area (Å²) in [4.78, 5) is 10.6. The van der Waals surface area contributed by atoms with Crippen LogP contribution in [0.15, 0.2) is 23.8 Å². The predicted molar refractivity (Wildman–Crippen MR) is 101 cm³/mol. The lowest BCUT2D eigenvalue weighted by Gasteiger charge is -2.17. The van der Waals surface area contributed by atoms with E-state index in [-0.39, 0.29) is 12.3 Å². The Morgan fingerprint density at radius 3 is 2.88 bits per heavy atom. The maximum Gasteiger partial charge on any atom is 0.303 e. The standard InChI is InChI=1S/C22H32O3/c1-3-4-7-16(2)21(23)13-12-18-10-11-19-14-17(15-20(18)19)8-5-6-9-22(24)25/h8,12-13,16,18-21,23H,5-7,9-11,14-15H2,1-2H3,(H,24,25)/b13-12+,17-8+/t16?,18-,19-,20-,21?/m1/s1. The van der Waals surface area contributed by atoms with Gasteiger partial charge in [0.25, 0.3) is 0 Å². The molecule has 3 heteroatoms. The number of unbranched alkanes of at least 4 members (excludes halogenated alkanes) is 1. The largest absolute Gasteiger partial charge is 0.481 e. The second-order valence-electron chi connectivity index (χ2n) is 7.71. The number of rotatable bonds is 8. The smallest absolute Gasteiger partial charge is 0.303 e. The van der Waals surface area contributed by atoms with Crippen molar-refractivity contribution in [2.45, 2.75) is 71.3 Å². The first-order valence-corrected chi connectivity index (χ1v) is 9.67. The Morgan fingerprint density at radius 1 is 1.36 bits per heavy atom. The quantitative estimate of drug-likeness (QED) is 0.385. The number of aliphatic hydroxyl groups excluding tert-OH is 1. The van der Waals surface area contributed by atoms with Crippen molar-refractivity contribution in [2.24, 2.45) is 23.7 Å². The number of hydrogen-bond donors (Lipinski definition) is 2. The molecule has 2 aliphatic rings. The third kappa shape index (κ3) is 6.04. The Balaban J connectivity index is 1.82. The van der Waals surface area contributed by atoms with E-state index in [4.69, 9.17) is 5.11 Å². The first-order chi connectivity index (χ1) is 12.0. The third-order valence-electron chi connectivity index (χ3n) is 5.82. The number of carboxylic acid groups (broad SMARTS) is 1. The van der Waals surface area contributed by atoms with E-state index in [1.165, 1.54) is 24.8 Å². The monoisotopic (exact) mass is 344 g/mol. The maximum absolute atomic E-state index is 10.6. The Morgan fingerprint density at radius 2 is 2.16 bits per heavy atom. The van der Waals surface area contributed by atoms with Crippen molar-refractivity contribution < 1.29 is 15.0 Å². The van der Waals surface area contributed by atoms with Crippen molar-refractivity contribution in [1.82, 2.24) is 0 Å². The Labute approximate surface area is 152 Å². The summed E-state index contributed by atoms with van der Waals surface area (Å²) in [6.07, 6.45) is 13.6. The zero-order chi connectivity index (χ0) is 18.2. The summed E-state index contributed by atoms with van der Waals surface area (Å²) in [6.45, 7) is 3.88. The van der Waals surface area contributed by atoms with Crippen LogP contribution in [0.5, 0.6) is 0 Å². The number of fused-ring (bicyclic) bond motifs is 1. The first kappa shape index (κ1) is 19.8. The van der Waals surface area contributed by atoms with Crippen LogP contribution in [0.1, 0.15) is 65.2 Å². The normalized spacial score (nSPS) is 29.4. The van der Waals surface area contributed by atoms with Gasteiger partial charge in [0.1, 0.15) is 0 Å². The van der Waals surface area contributed by atoms with E-state index in [9.17, 15) is 9.90 Å². The molecule has 0 spiro atoms. The van der Waals surface area contributed by atoms with Gasteiger partial charge in [-0.3, -0.25) is 4.79 Å². The minimum atomic E-state index is -0.704. The fourth-order valence-electron chi connectivity index (χ4n) is 4.27. The molecule has 2 aliphatic carbocycles. The highest BCUT2D eigenvalue weighted by atomic mass is 16.4. The third-order valence-corrected chi connectivity index (χ3v) is 5.82. The fraction of sp³-hybridized carbons (Fsp3) is 0.682. The lowest BCUT2D eigenvalue weighted by Crippen LogP contribution is -2.15. The summed E-state index contributed by atoms with van der Waals surface area (Å²) in [5.74, 6) is 7.47. The summed E-state index contributed by atoms with van der Waals surface area (Å²) < 4.78 is 0. The number of carboxylic acids is 1. The van der Waals surface area contributed by atoms with Gasteiger partial charge in [0.05, 0.1) is 6.10 Å². The van der Waals surface area contributed by atoms with E-state index in [1.807, 2.05) is 19.9 Å². The molecule has 5 atom stereocenters. The summed E-state index contributed by atoms with van der Waals surface area (Å²) in [6, 6.07) is 0. The number of carbonyl (C=O) groups is 1. The molecule has 2 unspecified atom stereocenters. The summed E-state index contributed by atoms with van der Waals surface area (Å²) in [5, 5.41) is 19.0. The van der Waals surface area contributed by atoms with Crippen LogP contribution < -0.4 is 0 Å². The second-order valence-corrected chi connectivity index (χ2v) is 7.71. The Bertz CT molecular complexity index is 564. The number of aliphatic carboxylic acids is 1.